The van der Waals surface area contributed by atoms with Crippen molar-refractivity contribution in [3.8, 4) is 0 Å². The number of hydrogen-bond acceptors (Lipinski definition) is 3. The lowest BCUT2D eigenvalue weighted by Crippen LogP contribution is -2.19. The summed E-state index contributed by atoms with van der Waals surface area (Å²) in [7, 11) is 0. The number of halogens is 3. The van der Waals surface area contributed by atoms with Crippen molar-refractivity contribution in [2.75, 3.05) is 0 Å². The third-order valence-corrected chi connectivity index (χ3v) is 4.21. The fraction of sp³-hybridized carbons (Fsp3) is 0.174. The van der Waals surface area contributed by atoms with Crippen molar-refractivity contribution in [3.63, 3.8) is 0 Å². The maximum atomic E-state index is 12.9. The highest BCUT2D eigenvalue weighted by Crippen LogP contribution is 2.30. The van der Waals surface area contributed by atoms with Crippen LogP contribution >= 0.6 is 0 Å². The molecule has 0 aliphatic carbocycles. The normalized spacial score (nSPS) is 12.4. The van der Waals surface area contributed by atoms with E-state index in [0.717, 1.165) is 17.7 Å². The molecule has 0 fully saturated rings. The smallest absolute Gasteiger partial charge is 0.416 e. The van der Waals surface area contributed by atoms with E-state index in [0.29, 0.717) is 11.1 Å². The van der Waals surface area contributed by atoms with Crippen molar-refractivity contribution < 1.29 is 27.4 Å². The van der Waals surface area contributed by atoms with Crippen molar-refractivity contribution >= 4 is 5.97 Å². The highest BCUT2D eigenvalue weighted by atomic mass is 19.4. The van der Waals surface area contributed by atoms with Crippen molar-refractivity contribution in [2.45, 2.75) is 25.5 Å². The molecule has 29 heavy (non-hydrogen) atoms. The number of ether oxygens (including phenoxy) is 2. The lowest BCUT2D eigenvalue weighted by Gasteiger charge is -2.18. The van der Waals surface area contributed by atoms with E-state index in [4.69, 9.17) is 9.47 Å². The zero-order valence-corrected chi connectivity index (χ0v) is 15.4. The van der Waals surface area contributed by atoms with Crippen LogP contribution in [0, 0.1) is 0 Å². The first-order valence-corrected chi connectivity index (χ1v) is 8.97. The Kier molecular flexibility index (Phi) is 6.67. The Hall–Kier alpha value is -3.12. The summed E-state index contributed by atoms with van der Waals surface area (Å²) in [5.74, 6) is -0.605. The predicted octanol–water partition coefficient (Wildman–Crippen LogP) is 5.71. The lowest BCUT2D eigenvalue weighted by molar-refractivity contribution is -0.160. The quantitative estimate of drug-likeness (QED) is 0.477. The fourth-order valence-corrected chi connectivity index (χ4v) is 2.75. The SMILES string of the molecule is O=C(OCc1ccccc1)C(OCc1cccc(C(F)(F)F)c1)c1ccccc1. The number of alkyl halides is 3. The first-order chi connectivity index (χ1) is 13.9. The molecule has 3 rings (SSSR count). The second kappa shape index (κ2) is 9.39. The van der Waals surface area contributed by atoms with Crippen LogP contribution in [0.3, 0.4) is 0 Å². The van der Waals surface area contributed by atoms with Crippen LogP contribution in [0.25, 0.3) is 0 Å². The second-order valence-electron chi connectivity index (χ2n) is 6.39. The van der Waals surface area contributed by atoms with Gasteiger partial charge in [-0.3, -0.25) is 0 Å². The van der Waals surface area contributed by atoms with Gasteiger partial charge in [0, 0.05) is 0 Å². The number of rotatable bonds is 7. The number of hydrogen-bond donors (Lipinski definition) is 0. The van der Waals surface area contributed by atoms with E-state index < -0.39 is 23.8 Å². The number of carbonyl (C=O) groups is 1. The van der Waals surface area contributed by atoms with Gasteiger partial charge in [0.1, 0.15) is 6.61 Å². The van der Waals surface area contributed by atoms with Gasteiger partial charge in [-0.2, -0.15) is 13.2 Å². The second-order valence-corrected chi connectivity index (χ2v) is 6.39. The zero-order valence-electron chi connectivity index (χ0n) is 15.4. The fourth-order valence-electron chi connectivity index (χ4n) is 2.75. The van der Waals surface area contributed by atoms with Crippen LogP contribution in [0.2, 0.25) is 0 Å². The molecule has 3 aromatic rings. The van der Waals surface area contributed by atoms with Gasteiger partial charge in [-0.1, -0.05) is 72.8 Å². The Morgan fingerprint density at radius 2 is 1.41 bits per heavy atom. The third-order valence-electron chi connectivity index (χ3n) is 4.21. The molecule has 0 radical (unpaired) electrons. The lowest BCUT2D eigenvalue weighted by atomic mass is 10.1. The molecule has 0 aromatic heterocycles. The summed E-state index contributed by atoms with van der Waals surface area (Å²) in [5, 5.41) is 0. The molecule has 3 aromatic carbocycles. The molecule has 0 spiro atoms. The Morgan fingerprint density at radius 3 is 2.07 bits per heavy atom. The molecule has 1 unspecified atom stereocenters. The average Bonchev–Trinajstić information content (AvgIpc) is 2.73. The van der Waals surface area contributed by atoms with Gasteiger partial charge < -0.3 is 9.47 Å². The molecule has 0 N–H and O–H groups in total. The maximum absolute atomic E-state index is 12.9. The Labute approximate surface area is 166 Å². The summed E-state index contributed by atoms with van der Waals surface area (Å²) in [6.07, 6.45) is -5.49. The van der Waals surface area contributed by atoms with Crippen LogP contribution in [0.5, 0.6) is 0 Å². The van der Waals surface area contributed by atoms with Gasteiger partial charge in [-0.05, 0) is 28.8 Å². The highest BCUT2D eigenvalue weighted by Gasteiger charge is 2.30. The van der Waals surface area contributed by atoms with Crippen LogP contribution in [0.4, 0.5) is 13.2 Å². The van der Waals surface area contributed by atoms with E-state index in [9.17, 15) is 18.0 Å². The molecule has 3 nitrogen and oxygen atoms in total. The molecular formula is C23H19F3O3. The van der Waals surface area contributed by atoms with Crippen molar-refractivity contribution in [1.82, 2.24) is 0 Å². The van der Waals surface area contributed by atoms with E-state index >= 15 is 0 Å². The Morgan fingerprint density at radius 1 is 0.793 bits per heavy atom. The summed E-state index contributed by atoms with van der Waals surface area (Å²) >= 11 is 0. The van der Waals surface area contributed by atoms with E-state index in [1.807, 2.05) is 30.3 Å². The minimum Gasteiger partial charge on any atom is -0.459 e. The minimum atomic E-state index is -4.44. The van der Waals surface area contributed by atoms with Gasteiger partial charge in [0.2, 0.25) is 0 Å². The van der Waals surface area contributed by atoms with Gasteiger partial charge in [0.15, 0.2) is 6.10 Å². The molecule has 0 aliphatic heterocycles. The van der Waals surface area contributed by atoms with Crippen molar-refractivity contribution in [3.05, 3.63) is 107 Å². The minimum absolute atomic E-state index is 0.0793. The molecule has 0 saturated heterocycles. The first-order valence-electron chi connectivity index (χ1n) is 8.97. The predicted molar refractivity (Wildman–Crippen MR) is 102 cm³/mol. The van der Waals surface area contributed by atoms with Gasteiger partial charge in [0.05, 0.1) is 12.2 Å². The van der Waals surface area contributed by atoms with Crippen LogP contribution in [-0.4, -0.2) is 5.97 Å². The summed E-state index contributed by atoms with van der Waals surface area (Å²) in [6, 6.07) is 22.7. The van der Waals surface area contributed by atoms with Crippen LogP contribution in [0.15, 0.2) is 84.9 Å². The van der Waals surface area contributed by atoms with Crippen LogP contribution < -0.4 is 0 Å². The Bertz CT molecular complexity index is 925. The number of carbonyl (C=O) groups excluding carboxylic acids is 1. The monoisotopic (exact) mass is 400 g/mol. The van der Waals surface area contributed by atoms with Crippen molar-refractivity contribution in [1.29, 1.82) is 0 Å². The van der Waals surface area contributed by atoms with E-state index in [-0.39, 0.29) is 13.2 Å². The molecule has 1 atom stereocenters. The molecule has 0 aliphatic rings. The topological polar surface area (TPSA) is 35.5 Å². The zero-order chi connectivity index (χ0) is 20.7. The third kappa shape index (κ3) is 5.93. The van der Waals surface area contributed by atoms with E-state index in [1.54, 1.807) is 30.3 Å². The highest BCUT2D eigenvalue weighted by molar-refractivity contribution is 5.76. The number of esters is 1. The summed E-state index contributed by atoms with van der Waals surface area (Å²) in [4.78, 5) is 12.6. The summed E-state index contributed by atoms with van der Waals surface area (Å²) in [6.45, 7) is -0.0835. The molecule has 0 amide bonds. The van der Waals surface area contributed by atoms with Crippen molar-refractivity contribution in [2.24, 2.45) is 0 Å². The Balaban J connectivity index is 1.72. The van der Waals surface area contributed by atoms with Gasteiger partial charge in [-0.25, -0.2) is 4.79 Å². The van der Waals surface area contributed by atoms with Crippen LogP contribution in [0.1, 0.15) is 28.4 Å². The van der Waals surface area contributed by atoms with E-state index in [2.05, 4.69) is 0 Å². The van der Waals surface area contributed by atoms with Gasteiger partial charge in [0.25, 0.3) is 0 Å². The van der Waals surface area contributed by atoms with Crippen LogP contribution in [-0.2, 0) is 33.7 Å². The molecule has 0 heterocycles. The molecule has 150 valence electrons. The maximum Gasteiger partial charge on any atom is 0.416 e. The summed E-state index contributed by atoms with van der Waals surface area (Å²) < 4.78 is 49.8. The van der Waals surface area contributed by atoms with Gasteiger partial charge >= 0.3 is 12.1 Å². The number of benzene rings is 3. The van der Waals surface area contributed by atoms with Gasteiger partial charge in [-0.15, -0.1) is 0 Å². The molecular weight excluding hydrogens is 381 g/mol. The first kappa shape index (κ1) is 20.6. The molecule has 0 bridgehead atoms. The standard InChI is InChI=1S/C23H19F3O3/c24-23(25,26)20-13-7-10-18(14-20)16-28-21(19-11-5-2-6-12-19)22(27)29-15-17-8-3-1-4-9-17/h1-14,21H,15-16H2. The summed E-state index contributed by atoms with van der Waals surface area (Å²) in [5.41, 5.74) is 0.946. The molecule has 6 heteroatoms. The average molecular weight is 400 g/mol. The largest absolute Gasteiger partial charge is 0.459 e. The molecule has 0 saturated carbocycles. The van der Waals surface area contributed by atoms with E-state index in [1.165, 1.54) is 12.1 Å².